The molecule has 2 aromatic rings. The van der Waals surface area contributed by atoms with Crippen LogP contribution in [0.15, 0.2) is 54.2 Å². The van der Waals surface area contributed by atoms with Gasteiger partial charge >= 0.3 is 6.03 Å². The van der Waals surface area contributed by atoms with E-state index in [4.69, 9.17) is 5.21 Å². The highest BCUT2D eigenvalue weighted by molar-refractivity contribution is 6.01. The number of carbonyl (C=O) groups excluding carboxylic acids is 1. The van der Waals surface area contributed by atoms with Crippen molar-refractivity contribution < 1.29 is 10.0 Å². The molecule has 0 unspecified atom stereocenters. The van der Waals surface area contributed by atoms with E-state index >= 15 is 0 Å². The van der Waals surface area contributed by atoms with Gasteiger partial charge in [-0.15, -0.1) is 0 Å². The van der Waals surface area contributed by atoms with Crippen molar-refractivity contribution in [1.29, 1.82) is 0 Å². The lowest BCUT2D eigenvalue weighted by Crippen LogP contribution is -2.49. The Labute approximate surface area is 134 Å². The Balaban J connectivity index is 1.63. The van der Waals surface area contributed by atoms with Gasteiger partial charge in [-0.1, -0.05) is 42.5 Å². The second-order valence-electron chi connectivity index (χ2n) is 5.50. The van der Waals surface area contributed by atoms with Crippen LogP contribution in [0.25, 0.3) is 10.8 Å². The second-order valence-corrected chi connectivity index (χ2v) is 5.50. The van der Waals surface area contributed by atoms with Crippen LogP contribution in [-0.2, 0) is 0 Å². The van der Waals surface area contributed by atoms with Crippen molar-refractivity contribution in [2.45, 2.75) is 25.3 Å². The van der Waals surface area contributed by atoms with Crippen molar-refractivity contribution >= 4 is 22.5 Å². The van der Waals surface area contributed by atoms with Gasteiger partial charge in [0.2, 0.25) is 0 Å². The van der Waals surface area contributed by atoms with Gasteiger partial charge in [-0.25, -0.2) is 10.2 Å². The molecule has 2 aromatic carbocycles. The normalized spacial score (nSPS) is 17.4. The third-order valence-electron chi connectivity index (χ3n) is 3.96. The Bertz CT molecular complexity index is 724. The number of allylic oxidation sites excluding steroid dienone is 1. The molecule has 0 aliphatic heterocycles. The van der Waals surface area contributed by atoms with E-state index in [1.807, 2.05) is 48.5 Å². The topological polar surface area (TPSA) is 85.4 Å². The fraction of sp³-hybridized carbons (Fsp3) is 0.235. The van der Waals surface area contributed by atoms with Crippen LogP contribution < -0.4 is 21.6 Å². The van der Waals surface area contributed by atoms with Crippen LogP contribution in [0.5, 0.6) is 0 Å². The number of benzene rings is 2. The quantitative estimate of drug-likeness (QED) is 0.562. The average molecular weight is 312 g/mol. The molecule has 0 bridgehead atoms. The van der Waals surface area contributed by atoms with Crippen molar-refractivity contribution in [1.82, 2.24) is 16.3 Å². The number of anilines is 1. The lowest BCUT2D eigenvalue weighted by atomic mass is 10.0. The number of fused-ring (bicyclic) bond motifs is 1. The first-order chi connectivity index (χ1) is 11.3. The van der Waals surface area contributed by atoms with Gasteiger partial charge < -0.3 is 5.32 Å². The zero-order valence-electron chi connectivity index (χ0n) is 12.7. The standard InChI is InChI=1S/C17H20N4O2/c22-17(20-19-15-9-3-4-10-16(15)21-23)18-14-11-5-7-12-6-1-2-8-13(12)14/h1-2,5-8,10-11,15,19,21,23H,3-4,9H2,(H2,18,20,22)/t15-/m1/s1. The average Bonchev–Trinajstić information content (AvgIpc) is 2.60. The maximum absolute atomic E-state index is 12.1. The van der Waals surface area contributed by atoms with E-state index in [1.165, 1.54) is 0 Å². The van der Waals surface area contributed by atoms with Gasteiger partial charge in [0.25, 0.3) is 0 Å². The van der Waals surface area contributed by atoms with Crippen LogP contribution in [-0.4, -0.2) is 17.3 Å². The molecule has 6 nitrogen and oxygen atoms in total. The first-order valence-electron chi connectivity index (χ1n) is 7.68. The van der Waals surface area contributed by atoms with E-state index in [0.29, 0.717) is 5.70 Å². The summed E-state index contributed by atoms with van der Waals surface area (Å²) in [5, 5.41) is 14.0. The van der Waals surface area contributed by atoms with Crippen LogP contribution in [0.3, 0.4) is 0 Å². The van der Waals surface area contributed by atoms with Crippen LogP contribution in [0.1, 0.15) is 19.3 Å². The number of carbonyl (C=O) groups is 1. The molecule has 1 aliphatic carbocycles. The summed E-state index contributed by atoms with van der Waals surface area (Å²) in [6, 6.07) is 13.2. The summed E-state index contributed by atoms with van der Waals surface area (Å²) in [5.74, 6) is 0. The molecule has 0 saturated carbocycles. The Hall–Kier alpha value is -2.57. The molecule has 2 amide bonds. The predicted octanol–water partition coefficient (Wildman–Crippen LogP) is 2.88. The summed E-state index contributed by atoms with van der Waals surface area (Å²) in [7, 11) is 0. The first-order valence-corrected chi connectivity index (χ1v) is 7.68. The summed E-state index contributed by atoms with van der Waals surface area (Å²) >= 11 is 0. The maximum atomic E-state index is 12.1. The molecular weight excluding hydrogens is 292 g/mol. The van der Waals surface area contributed by atoms with E-state index in [2.05, 4.69) is 21.6 Å². The molecular formula is C17H20N4O2. The summed E-state index contributed by atoms with van der Waals surface area (Å²) in [4.78, 5) is 12.1. The highest BCUT2D eigenvalue weighted by Gasteiger charge is 2.17. The molecule has 3 rings (SSSR count). The van der Waals surface area contributed by atoms with Crippen molar-refractivity contribution in [3.8, 4) is 0 Å². The lowest BCUT2D eigenvalue weighted by molar-refractivity contribution is 0.181. The van der Waals surface area contributed by atoms with E-state index in [0.717, 1.165) is 35.7 Å². The van der Waals surface area contributed by atoms with Gasteiger partial charge in [0.15, 0.2) is 0 Å². The summed E-state index contributed by atoms with van der Waals surface area (Å²) in [6.07, 6.45) is 4.69. The minimum absolute atomic E-state index is 0.119. The minimum atomic E-state index is -0.343. The molecule has 0 saturated heterocycles. The van der Waals surface area contributed by atoms with Crippen molar-refractivity contribution in [2.75, 3.05) is 5.32 Å². The molecule has 6 heteroatoms. The van der Waals surface area contributed by atoms with Gasteiger partial charge in [-0.2, -0.15) is 0 Å². The number of amides is 2. The van der Waals surface area contributed by atoms with E-state index in [-0.39, 0.29) is 12.1 Å². The number of hydrazine groups is 1. The molecule has 1 aliphatic rings. The fourth-order valence-corrected chi connectivity index (χ4v) is 2.79. The van der Waals surface area contributed by atoms with Crippen molar-refractivity contribution in [3.63, 3.8) is 0 Å². The largest absolute Gasteiger partial charge is 0.333 e. The highest BCUT2D eigenvalue weighted by Crippen LogP contribution is 2.22. The van der Waals surface area contributed by atoms with Crippen molar-refractivity contribution in [2.24, 2.45) is 0 Å². The number of hydroxylamine groups is 1. The zero-order valence-corrected chi connectivity index (χ0v) is 12.7. The monoisotopic (exact) mass is 312 g/mol. The number of nitrogens with one attached hydrogen (secondary N) is 4. The van der Waals surface area contributed by atoms with Crippen molar-refractivity contribution in [3.05, 3.63) is 54.2 Å². The van der Waals surface area contributed by atoms with E-state index < -0.39 is 0 Å². The molecule has 120 valence electrons. The maximum Gasteiger partial charge on any atom is 0.333 e. The van der Waals surface area contributed by atoms with Gasteiger partial charge in [0.05, 0.1) is 17.4 Å². The number of hydrogen-bond acceptors (Lipinski definition) is 4. The first kappa shape index (κ1) is 15.3. The third-order valence-corrected chi connectivity index (χ3v) is 3.96. The Kier molecular flexibility index (Phi) is 4.75. The summed E-state index contributed by atoms with van der Waals surface area (Å²) in [6.45, 7) is 0. The van der Waals surface area contributed by atoms with Crippen LogP contribution in [0.2, 0.25) is 0 Å². The number of rotatable bonds is 4. The smallest absolute Gasteiger partial charge is 0.306 e. The highest BCUT2D eigenvalue weighted by atomic mass is 16.5. The third kappa shape index (κ3) is 3.61. The van der Waals surface area contributed by atoms with Gasteiger partial charge in [-0.3, -0.25) is 16.1 Å². The SMILES string of the molecule is O=C(NN[C@@H]1CCCC=C1NO)Nc1cccc2ccccc12. The zero-order chi connectivity index (χ0) is 16.1. The minimum Gasteiger partial charge on any atom is -0.306 e. The fourth-order valence-electron chi connectivity index (χ4n) is 2.79. The molecule has 0 heterocycles. The Morgan fingerprint density at radius 1 is 1.13 bits per heavy atom. The predicted molar refractivity (Wildman–Crippen MR) is 89.9 cm³/mol. The molecule has 0 spiro atoms. The molecule has 0 radical (unpaired) electrons. The Morgan fingerprint density at radius 3 is 2.83 bits per heavy atom. The number of urea groups is 1. The number of hydrogen-bond donors (Lipinski definition) is 5. The molecule has 1 atom stereocenters. The molecule has 0 aromatic heterocycles. The summed E-state index contributed by atoms with van der Waals surface area (Å²) in [5.41, 5.74) is 9.19. The lowest BCUT2D eigenvalue weighted by Gasteiger charge is -2.24. The Morgan fingerprint density at radius 2 is 1.96 bits per heavy atom. The van der Waals surface area contributed by atoms with Gasteiger partial charge in [-0.05, 0) is 30.7 Å². The molecule has 5 N–H and O–H groups in total. The second kappa shape index (κ2) is 7.13. The summed E-state index contributed by atoms with van der Waals surface area (Å²) < 4.78 is 0. The van der Waals surface area contributed by atoms with Crippen LogP contribution >= 0.6 is 0 Å². The van der Waals surface area contributed by atoms with E-state index in [9.17, 15) is 4.79 Å². The van der Waals surface area contributed by atoms with Crippen LogP contribution in [0, 0.1) is 0 Å². The van der Waals surface area contributed by atoms with E-state index in [1.54, 1.807) is 0 Å². The molecule has 0 fully saturated rings. The van der Waals surface area contributed by atoms with Crippen LogP contribution in [0.4, 0.5) is 10.5 Å². The molecule has 23 heavy (non-hydrogen) atoms. The van der Waals surface area contributed by atoms with Gasteiger partial charge in [0.1, 0.15) is 0 Å². The van der Waals surface area contributed by atoms with Gasteiger partial charge in [0, 0.05) is 5.39 Å².